The summed E-state index contributed by atoms with van der Waals surface area (Å²) >= 11 is 0. The van der Waals surface area contributed by atoms with Gasteiger partial charge < -0.3 is 14.9 Å². The van der Waals surface area contributed by atoms with Crippen LogP contribution in [-0.4, -0.2) is 29.3 Å². The lowest BCUT2D eigenvalue weighted by Crippen LogP contribution is -2.34. The number of hydrogen-bond donors (Lipinski definition) is 3. The molecule has 0 bridgehead atoms. The Hall–Kier alpha value is -1.75. The van der Waals surface area contributed by atoms with Crippen LogP contribution in [0.1, 0.15) is 31.9 Å². The molecular weight excluding hydrogens is 234 g/mol. The van der Waals surface area contributed by atoms with E-state index in [2.05, 4.69) is 5.32 Å². The van der Waals surface area contributed by atoms with Crippen molar-refractivity contribution in [1.29, 1.82) is 0 Å². The minimum absolute atomic E-state index is 0.0628. The van der Waals surface area contributed by atoms with Crippen LogP contribution >= 0.6 is 0 Å². The number of benzene rings is 1. The molecule has 3 N–H and O–H groups in total. The minimum atomic E-state index is -0.972. The molecule has 0 aromatic heterocycles. The summed E-state index contributed by atoms with van der Waals surface area (Å²) in [5.41, 5.74) is 0.501. The van der Waals surface area contributed by atoms with Gasteiger partial charge in [-0.15, -0.1) is 0 Å². The molecule has 1 aromatic rings. The van der Waals surface area contributed by atoms with Crippen LogP contribution < -0.4 is 10.1 Å². The smallest absolute Gasteiger partial charge is 0.325 e. The molecule has 1 aromatic carbocycles. The van der Waals surface area contributed by atoms with Crippen LogP contribution in [0.25, 0.3) is 0 Å². The second-order valence-corrected chi connectivity index (χ2v) is 4.18. The lowest BCUT2D eigenvalue weighted by Gasteiger charge is -2.20. The molecule has 0 fully saturated rings. The number of phenolic OH excluding ortho intramolecular Hbond substituents is 1. The van der Waals surface area contributed by atoms with Gasteiger partial charge in [0.25, 0.3) is 0 Å². The number of methoxy groups -OCH3 is 1. The summed E-state index contributed by atoms with van der Waals surface area (Å²) in [4.78, 5) is 11.2. The highest BCUT2D eigenvalue weighted by molar-refractivity contribution is 5.76. The Labute approximate surface area is 106 Å². The molecule has 0 amide bonds. The van der Waals surface area contributed by atoms with Crippen LogP contribution in [0.4, 0.5) is 0 Å². The van der Waals surface area contributed by atoms with Crippen LogP contribution in [0.2, 0.25) is 0 Å². The number of carboxylic acids is 1. The fraction of sp³-hybridized carbons (Fsp3) is 0.462. The van der Waals surface area contributed by atoms with Gasteiger partial charge in [-0.05, 0) is 31.0 Å². The van der Waals surface area contributed by atoms with E-state index in [0.29, 0.717) is 11.3 Å². The summed E-state index contributed by atoms with van der Waals surface area (Å²) < 4.78 is 4.92. The summed E-state index contributed by atoms with van der Waals surface area (Å²) in [6.07, 6.45) is 0.825. The number of aromatic hydroxyl groups is 1. The van der Waals surface area contributed by atoms with Gasteiger partial charge in [-0.1, -0.05) is 13.0 Å². The van der Waals surface area contributed by atoms with E-state index < -0.39 is 12.0 Å². The fourth-order valence-electron chi connectivity index (χ4n) is 1.60. The van der Waals surface area contributed by atoms with Crippen LogP contribution in [0.5, 0.6) is 11.5 Å². The van der Waals surface area contributed by atoms with Crippen molar-refractivity contribution in [2.45, 2.75) is 32.4 Å². The number of hydrogen-bond acceptors (Lipinski definition) is 4. The van der Waals surface area contributed by atoms with Gasteiger partial charge in [0.15, 0.2) is 11.5 Å². The molecule has 18 heavy (non-hydrogen) atoms. The number of aliphatic carboxylic acids is 1. The van der Waals surface area contributed by atoms with Crippen molar-refractivity contribution >= 4 is 5.97 Å². The van der Waals surface area contributed by atoms with Gasteiger partial charge in [0.1, 0.15) is 6.04 Å². The first-order valence-corrected chi connectivity index (χ1v) is 5.85. The molecule has 0 aliphatic heterocycles. The molecule has 2 atom stereocenters. The monoisotopic (exact) mass is 253 g/mol. The number of rotatable bonds is 6. The quantitative estimate of drug-likeness (QED) is 0.721. The SMILES string of the molecule is CCC(C)NC(C(=O)O)c1ccc(OC)c(O)c1. The van der Waals surface area contributed by atoms with Gasteiger partial charge in [-0.2, -0.15) is 0 Å². The highest BCUT2D eigenvalue weighted by atomic mass is 16.5. The van der Waals surface area contributed by atoms with E-state index in [4.69, 9.17) is 4.74 Å². The van der Waals surface area contributed by atoms with Crippen molar-refractivity contribution in [2.75, 3.05) is 7.11 Å². The van der Waals surface area contributed by atoms with Crippen molar-refractivity contribution < 1.29 is 19.7 Å². The maximum atomic E-state index is 11.2. The Morgan fingerprint density at radius 2 is 2.17 bits per heavy atom. The Morgan fingerprint density at radius 1 is 1.50 bits per heavy atom. The molecule has 0 spiro atoms. The van der Waals surface area contributed by atoms with E-state index in [0.717, 1.165) is 6.42 Å². The number of phenols is 1. The molecule has 0 heterocycles. The van der Waals surface area contributed by atoms with E-state index in [1.807, 2.05) is 13.8 Å². The third-order valence-electron chi connectivity index (χ3n) is 2.85. The predicted molar refractivity (Wildman–Crippen MR) is 67.9 cm³/mol. The normalized spacial score (nSPS) is 13.9. The van der Waals surface area contributed by atoms with Crippen molar-refractivity contribution in [3.63, 3.8) is 0 Å². The van der Waals surface area contributed by atoms with Crippen LogP contribution in [0, 0.1) is 0 Å². The van der Waals surface area contributed by atoms with E-state index in [1.54, 1.807) is 12.1 Å². The molecule has 0 aliphatic carbocycles. The molecule has 2 unspecified atom stereocenters. The van der Waals surface area contributed by atoms with Crippen molar-refractivity contribution in [2.24, 2.45) is 0 Å². The highest BCUT2D eigenvalue weighted by Crippen LogP contribution is 2.29. The maximum absolute atomic E-state index is 11.2. The maximum Gasteiger partial charge on any atom is 0.325 e. The van der Waals surface area contributed by atoms with E-state index in [1.165, 1.54) is 13.2 Å². The summed E-state index contributed by atoms with van der Waals surface area (Å²) in [5.74, 6) is -0.710. The third-order valence-corrected chi connectivity index (χ3v) is 2.85. The predicted octanol–water partition coefficient (Wildman–Crippen LogP) is 1.91. The molecule has 100 valence electrons. The molecule has 0 aliphatic rings. The second-order valence-electron chi connectivity index (χ2n) is 4.18. The Kier molecular flexibility index (Phi) is 4.97. The standard InChI is InChI=1S/C13H19NO4/c1-4-8(2)14-12(13(16)17)9-5-6-11(18-3)10(15)7-9/h5-8,12,14-15H,4H2,1-3H3,(H,16,17). The van der Waals surface area contributed by atoms with Gasteiger partial charge in [0.05, 0.1) is 7.11 Å². The van der Waals surface area contributed by atoms with Gasteiger partial charge in [0.2, 0.25) is 0 Å². The van der Waals surface area contributed by atoms with Crippen LogP contribution in [0.15, 0.2) is 18.2 Å². The van der Waals surface area contributed by atoms with Crippen molar-refractivity contribution in [1.82, 2.24) is 5.32 Å². The average Bonchev–Trinajstić information content (AvgIpc) is 2.35. The van der Waals surface area contributed by atoms with Gasteiger partial charge in [-0.25, -0.2) is 0 Å². The number of ether oxygens (including phenoxy) is 1. The van der Waals surface area contributed by atoms with Gasteiger partial charge in [-0.3, -0.25) is 10.1 Å². The molecular formula is C13H19NO4. The first-order chi connectivity index (χ1) is 8.49. The first kappa shape index (κ1) is 14.3. The molecule has 0 radical (unpaired) electrons. The molecule has 5 nitrogen and oxygen atoms in total. The minimum Gasteiger partial charge on any atom is -0.504 e. The number of nitrogens with one attached hydrogen (secondary N) is 1. The molecule has 0 saturated carbocycles. The largest absolute Gasteiger partial charge is 0.504 e. The number of carbonyl (C=O) groups is 1. The van der Waals surface area contributed by atoms with E-state index in [9.17, 15) is 15.0 Å². The second kappa shape index (κ2) is 6.26. The summed E-state index contributed by atoms with van der Waals surface area (Å²) in [5, 5.41) is 21.9. The Bertz CT molecular complexity index is 419. The zero-order valence-electron chi connectivity index (χ0n) is 10.8. The van der Waals surface area contributed by atoms with Gasteiger partial charge in [0, 0.05) is 6.04 Å². The first-order valence-electron chi connectivity index (χ1n) is 5.85. The van der Waals surface area contributed by atoms with E-state index >= 15 is 0 Å². The average molecular weight is 253 g/mol. The highest BCUT2D eigenvalue weighted by Gasteiger charge is 2.22. The topological polar surface area (TPSA) is 78.8 Å². The third kappa shape index (κ3) is 3.37. The van der Waals surface area contributed by atoms with Crippen LogP contribution in [-0.2, 0) is 4.79 Å². The Morgan fingerprint density at radius 3 is 2.61 bits per heavy atom. The lowest BCUT2D eigenvalue weighted by molar-refractivity contribution is -0.139. The summed E-state index contributed by atoms with van der Waals surface area (Å²) in [7, 11) is 1.45. The van der Waals surface area contributed by atoms with Crippen molar-refractivity contribution in [3.8, 4) is 11.5 Å². The molecule has 5 heteroatoms. The molecule has 1 rings (SSSR count). The zero-order valence-corrected chi connectivity index (χ0v) is 10.8. The summed E-state index contributed by atoms with van der Waals surface area (Å²) in [6, 6.07) is 3.84. The van der Waals surface area contributed by atoms with Crippen LogP contribution in [0.3, 0.4) is 0 Å². The summed E-state index contributed by atoms with van der Waals surface area (Å²) in [6.45, 7) is 3.89. The lowest BCUT2D eigenvalue weighted by atomic mass is 10.0. The molecule has 0 saturated heterocycles. The fourth-order valence-corrected chi connectivity index (χ4v) is 1.60. The van der Waals surface area contributed by atoms with E-state index in [-0.39, 0.29) is 11.8 Å². The Balaban J connectivity index is 2.99. The zero-order chi connectivity index (χ0) is 13.7. The van der Waals surface area contributed by atoms with Crippen molar-refractivity contribution in [3.05, 3.63) is 23.8 Å². The number of carboxylic acid groups (broad SMARTS) is 1. The van der Waals surface area contributed by atoms with Gasteiger partial charge >= 0.3 is 5.97 Å².